The van der Waals surface area contributed by atoms with Crippen LogP contribution < -0.4 is 4.74 Å². The fourth-order valence-corrected chi connectivity index (χ4v) is 3.73. The van der Waals surface area contributed by atoms with Gasteiger partial charge in [0.1, 0.15) is 11.5 Å². The first kappa shape index (κ1) is 23.0. The van der Waals surface area contributed by atoms with Crippen molar-refractivity contribution in [2.24, 2.45) is 0 Å². The fraction of sp³-hybridized carbons (Fsp3) is 0.304. The Hall–Kier alpha value is -2.68. The van der Waals surface area contributed by atoms with Crippen LogP contribution in [0.4, 0.5) is 0 Å². The molecule has 0 radical (unpaired) electrons. The number of Topliss-reactive ketones (excluding diaryl/α,β-unsaturated/α-hetero) is 1. The lowest BCUT2D eigenvalue weighted by molar-refractivity contribution is -0.140. The highest BCUT2D eigenvalue weighted by Crippen LogP contribution is 2.39. The molecule has 2 aromatic rings. The van der Waals surface area contributed by atoms with Crippen LogP contribution in [0.1, 0.15) is 24.1 Å². The third-order valence-electron chi connectivity index (χ3n) is 4.88. The molecule has 2 N–H and O–H groups in total. The quantitative estimate of drug-likeness (QED) is 0.243. The Kier molecular flexibility index (Phi) is 7.84. The van der Waals surface area contributed by atoms with Gasteiger partial charge in [0.2, 0.25) is 0 Å². The second kappa shape index (κ2) is 10.6. The maximum absolute atomic E-state index is 12.9. The maximum Gasteiger partial charge on any atom is 0.295 e. The smallest absolute Gasteiger partial charge is 0.295 e. The van der Waals surface area contributed by atoms with Crippen LogP contribution in [0.3, 0.4) is 0 Å². The van der Waals surface area contributed by atoms with E-state index >= 15 is 0 Å². The molecule has 8 heteroatoms. The van der Waals surface area contributed by atoms with E-state index in [0.29, 0.717) is 23.5 Å². The average Bonchev–Trinajstić information content (AvgIpc) is 3.02. The van der Waals surface area contributed by atoms with Crippen LogP contribution in [0.5, 0.6) is 5.75 Å². The van der Waals surface area contributed by atoms with E-state index in [2.05, 4.69) is 15.9 Å². The van der Waals surface area contributed by atoms with Crippen molar-refractivity contribution in [2.45, 2.75) is 13.0 Å². The van der Waals surface area contributed by atoms with E-state index in [1.807, 2.05) is 19.1 Å². The average molecular weight is 490 g/mol. The lowest BCUT2D eigenvalue weighted by Crippen LogP contribution is -2.33. The highest BCUT2D eigenvalue weighted by Gasteiger charge is 2.45. The summed E-state index contributed by atoms with van der Waals surface area (Å²) in [5.74, 6) is -1.05. The predicted octanol–water partition coefficient (Wildman–Crippen LogP) is 3.28. The molecule has 1 heterocycles. The molecule has 0 bridgehead atoms. The number of hydrogen-bond donors (Lipinski definition) is 2. The van der Waals surface area contributed by atoms with Crippen LogP contribution >= 0.6 is 15.9 Å². The van der Waals surface area contributed by atoms with Crippen molar-refractivity contribution in [3.05, 3.63) is 69.7 Å². The Morgan fingerprint density at radius 1 is 1.06 bits per heavy atom. The van der Waals surface area contributed by atoms with Crippen molar-refractivity contribution >= 4 is 33.4 Å². The first-order valence-electron chi connectivity index (χ1n) is 9.93. The van der Waals surface area contributed by atoms with Gasteiger partial charge < -0.3 is 24.6 Å². The molecular formula is C23H24BrNO6. The molecule has 3 rings (SSSR count). The Labute approximate surface area is 189 Å². The van der Waals surface area contributed by atoms with Gasteiger partial charge in [-0.05, 0) is 48.9 Å². The minimum Gasteiger partial charge on any atom is -0.507 e. The van der Waals surface area contributed by atoms with Gasteiger partial charge in [0, 0.05) is 16.6 Å². The Morgan fingerprint density at radius 3 is 2.35 bits per heavy atom. The number of ether oxygens (including phenoxy) is 2. The number of rotatable bonds is 9. The third-order valence-corrected chi connectivity index (χ3v) is 5.41. The molecule has 164 valence electrons. The number of halogens is 1. The number of likely N-dealkylation sites (tertiary alicyclic amines) is 1. The number of carbonyl (C=O) groups excluding carboxylic acids is 2. The van der Waals surface area contributed by atoms with E-state index < -0.39 is 17.7 Å². The van der Waals surface area contributed by atoms with E-state index in [4.69, 9.17) is 14.6 Å². The summed E-state index contributed by atoms with van der Waals surface area (Å²) in [7, 11) is 0. The number of benzene rings is 2. The lowest BCUT2D eigenvalue weighted by Gasteiger charge is -2.25. The number of amides is 1. The largest absolute Gasteiger partial charge is 0.507 e. The van der Waals surface area contributed by atoms with Crippen molar-refractivity contribution in [2.75, 3.05) is 33.0 Å². The molecule has 0 aromatic heterocycles. The van der Waals surface area contributed by atoms with Crippen LogP contribution in [0.25, 0.3) is 5.76 Å². The molecule has 0 aliphatic carbocycles. The van der Waals surface area contributed by atoms with E-state index in [1.165, 1.54) is 4.90 Å². The lowest BCUT2D eigenvalue weighted by atomic mass is 9.95. The monoisotopic (exact) mass is 489 g/mol. The van der Waals surface area contributed by atoms with Gasteiger partial charge in [-0.25, -0.2) is 0 Å². The fourth-order valence-electron chi connectivity index (χ4n) is 3.46. The zero-order valence-electron chi connectivity index (χ0n) is 17.1. The number of hydrogen-bond acceptors (Lipinski definition) is 6. The zero-order valence-corrected chi connectivity index (χ0v) is 18.7. The molecule has 1 unspecified atom stereocenters. The summed E-state index contributed by atoms with van der Waals surface area (Å²) in [6, 6.07) is 13.2. The van der Waals surface area contributed by atoms with Crippen molar-refractivity contribution in [3.63, 3.8) is 0 Å². The van der Waals surface area contributed by atoms with Gasteiger partial charge in [-0.1, -0.05) is 28.1 Å². The summed E-state index contributed by atoms with van der Waals surface area (Å²) < 4.78 is 11.6. The van der Waals surface area contributed by atoms with Gasteiger partial charge in [0.25, 0.3) is 11.7 Å². The van der Waals surface area contributed by atoms with Crippen molar-refractivity contribution < 1.29 is 29.3 Å². The number of carbonyl (C=O) groups is 2. The standard InChI is InChI=1S/C23H24BrNO6/c1-2-31-18-9-5-16(6-10-18)21(27)19-20(15-3-7-17(24)8-4-15)25(23(29)22(19)28)11-13-30-14-12-26/h3-10,20,26-27H,2,11-14H2,1H3. The summed E-state index contributed by atoms with van der Waals surface area (Å²) in [5, 5.41) is 19.9. The number of ketones is 1. The zero-order chi connectivity index (χ0) is 22.4. The minimum absolute atomic E-state index is 0.0265. The van der Waals surface area contributed by atoms with Crippen molar-refractivity contribution in [3.8, 4) is 5.75 Å². The summed E-state index contributed by atoms with van der Waals surface area (Å²) >= 11 is 3.39. The Bertz CT molecular complexity index is 955. The van der Waals surface area contributed by atoms with Crippen LogP contribution in [0, 0.1) is 0 Å². The van der Waals surface area contributed by atoms with Gasteiger partial charge in [-0.3, -0.25) is 9.59 Å². The van der Waals surface area contributed by atoms with Crippen LogP contribution in [0.2, 0.25) is 0 Å². The van der Waals surface area contributed by atoms with Gasteiger partial charge >= 0.3 is 0 Å². The van der Waals surface area contributed by atoms with Gasteiger partial charge in [0.05, 0.1) is 38.0 Å². The van der Waals surface area contributed by atoms with Crippen molar-refractivity contribution in [1.82, 2.24) is 4.90 Å². The number of nitrogens with zero attached hydrogens (tertiary/aromatic N) is 1. The Morgan fingerprint density at radius 2 is 1.74 bits per heavy atom. The predicted molar refractivity (Wildman–Crippen MR) is 119 cm³/mol. The van der Waals surface area contributed by atoms with Crippen LogP contribution in [-0.2, 0) is 14.3 Å². The first-order chi connectivity index (χ1) is 15.0. The summed E-state index contributed by atoms with van der Waals surface area (Å²) in [4.78, 5) is 27.1. The summed E-state index contributed by atoms with van der Waals surface area (Å²) in [6.45, 7) is 2.69. The van der Waals surface area contributed by atoms with Gasteiger partial charge in [0.15, 0.2) is 0 Å². The second-order valence-electron chi connectivity index (χ2n) is 6.84. The van der Waals surface area contributed by atoms with Crippen LogP contribution in [-0.4, -0.2) is 59.8 Å². The van der Waals surface area contributed by atoms with E-state index in [-0.39, 0.29) is 37.7 Å². The molecular weight excluding hydrogens is 466 g/mol. The van der Waals surface area contributed by atoms with Gasteiger partial charge in [-0.2, -0.15) is 0 Å². The van der Waals surface area contributed by atoms with Crippen LogP contribution in [0.15, 0.2) is 58.6 Å². The molecule has 1 fully saturated rings. The second-order valence-corrected chi connectivity index (χ2v) is 7.75. The molecule has 1 atom stereocenters. The topological polar surface area (TPSA) is 96.3 Å². The van der Waals surface area contributed by atoms with Crippen molar-refractivity contribution in [1.29, 1.82) is 0 Å². The molecule has 31 heavy (non-hydrogen) atoms. The molecule has 1 amide bonds. The highest BCUT2D eigenvalue weighted by atomic mass is 79.9. The minimum atomic E-state index is -0.752. The summed E-state index contributed by atoms with van der Waals surface area (Å²) in [5.41, 5.74) is 1.13. The van der Waals surface area contributed by atoms with E-state index in [1.54, 1.807) is 36.4 Å². The molecule has 0 spiro atoms. The molecule has 2 aromatic carbocycles. The Balaban J connectivity index is 2.02. The normalized spacial score (nSPS) is 17.9. The maximum atomic E-state index is 12.9. The van der Waals surface area contributed by atoms with E-state index in [0.717, 1.165) is 4.47 Å². The summed E-state index contributed by atoms with van der Waals surface area (Å²) in [6.07, 6.45) is 0. The molecule has 1 aliphatic heterocycles. The SMILES string of the molecule is CCOc1ccc(C(O)=C2C(=O)C(=O)N(CCOCCO)C2c2ccc(Br)cc2)cc1. The third kappa shape index (κ3) is 5.15. The first-order valence-corrected chi connectivity index (χ1v) is 10.7. The number of aliphatic hydroxyl groups excluding tert-OH is 2. The highest BCUT2D eigenvalue weighted by molar-refractivity contribution is 9.10. The molecule has 1 saturated heterocycles. The molecule has 7 nitrogen and oxygen atoms in total. The van der Waals surface area contributed by atoms with Gasteiger partial charge in [-0.15, -0.1) is 0 Å². The van der Waals surface area contributed by atoms with E-state index in [9.17, 15) is 14.7 Å². The molecule has 1 aliphatic rings. The number of aliphatic hydroxyl groups is 2. The molecule has 0 saturated carbocycles.